The second-order valence-electron chi connectivity index (χ2n) is 5.08. The van der Waals surface area contributed by atoms with Gasteiger partial charge in [0.15, 0.2) is 0 Å². The van der Waals surface area contributed by atoms with Crippen LogP contribution >= 0.6 is 0 Å². The van der Waals surface area contributed by atoms with Crippen molar-refractivity contribution in [2.45, 2.75) is 31.2 Å². The molecular formula is C12H14O2. The van der Waals surface area contributed by atoms with Crippen molar-refractivity contribution in [3.63, 3.8) is 0 Å². The van der Waals surface area contributed by atoms with Crippen molar-refractivity contribution < 1.29 is 9.47 Å². The monoisotopic (exact) mass is 190 g/mol. The summed E-state index contributed by atoms with van der Waals surface area (Å²) in [6.07, 6.45) is 10.8. The minimum Gasteiger partial charge on any atom is -0.377 e. The van der Waals surface area contributed by atoms with Crippen molar-refractivity contribution in [2.75, 3.05) is 6.61 Å². The second kappa shape index (κ2) is 2.00. The van der Waals surface area contributed by atoms with Gasteiger partial charge in [0.05, 0.1) is 24.2 Å². The molecule has 1 unspecified atom stereocenters. The second-order valence-corrected chi connectivity index (χ2v) is 5.08. The fourth-order valence-electron chi connectivity index (χ4n) is 3.63. The van der Waals surface area contributed by atoms with Crippen molar-refractivity contribution in [1.29, 1.82) is 0 Å². The molecule has 74 valence electrons. The summed E-state index contributed by atoms with van der Waals surface area (Å²) in [5.41, 5.74) is 0.174. The Morgan fingerprint density at radius 2 is 2.21 bits per heavy atom. The van der Waals surface area contributed by atoms with E-state index < -0.39 is 0 Å². The first-order chi connectivity index (χ1) is 6.76. The molecule has 2 bridgehead atoms. The SMILES string of the molecule is C[C@H]1C[C@]23C=C[C@H](O2)[C@H]2C=CC23CO1. The number of ether oxygens (including phenoxy) is 2. The third-order valence-electron chi connectivity index (χ3n) is 4.44. The van der Waals surface area contributed by atoms with Crippen LogP contribution in [0.5, 0.6) is 0 Å². The summed E-state index contributed by atoms with van der Waals surface area (Å²) in [5.74, 6) is 0.583. The lowest BCUT2D eigenvalue weighted by Crippen LogP contribution is -2.57. The molecule has 2 spiro atoms. The normalized spacial score (nSPS) is 62.2. The summed E-state index contributed by atoms with van der Waals surface area (Å²) in [6, 6.07) is 0. The number of rotatable bonds is 0. The Labute approximate surface area is 83.6 Å². The average Bonchev–Trinajstić information content (AvgIpc) is 2.54. The van der Waals surface area contributed by atoms with Gasteiger partial charge in [-0.1, -0.05) is 24.3 Å². The third-order valence-corrected chi connectivity index (χ3v) is 4.44. The Bertz CT molecular complexity index is 359. The Balaban J connectivity index is 1.87. The summed E-state index contributed by atoms with van der Waals surface area (Å²) in [7, 11) is 0. The molecule has 0 radical (unpaired) electrons. The van der Waals surface area contributed by atoms with Crippen LogP contribution in [0.1, 0.15) is 13.3 Å². The Hall–Kier alpha value is -0.600. The fraction of sp³-hybridized carbons (Fsp3) is 0.667. The van der Waals surface area contributed by atoms with E-state index in [1.54, 1.807) is 0 Å². The van der Waals surface area contributed by atoms with Crippen molar-refractivity contribution in [3.8, 4) is 0 Å². The summed E-state index contributed by atoms with van der Waals surface area (Å²) in [6.45, 7) is 2.98. The van der Waals surface area contributed by atoms with E-state index in [1.165, 1.54) is 0 Å². The molecule has 4 rings (SSSR count). The van der Waals surface area contributed by atoms with Gasteiger partial charge in [0.25, 0.3) is 0 Å². The lowest BCUT2D eigenvalue weighted by Gasteiger charge is -2.52. The van der Waals surface area contributed by atoms with Crippen LogP contribution in [0.4, 0.5) is 0 Å². The first kappa shape index (κ1) is 7.66. The van der Waals surface area contributed by atoms with Gasteiger partial charge in [0.1, 0.15) is 5.60 Å². The molecule has 2 saturated heterocycles. The minimum absolute atomic E-state index is 0.0191. The Kier molecular flexibility index (Phi) is 1.09. The standard InChI is InChI=1S/C12H14O2/c1-8-6-12-5-3-10(14-12)9-2-4-11(9,12)7-13-8/h2-5,8-10H,6-7H2,1H3/t8-,9+,10-,11?,12-/m0/s1. The van der Waals surface area contributed by atoms with Crippen LogP contribution in [0.3, 0.4) is 0 Å². The molecule has 0 saturated carbocycles. The highest BCUT2D eigenvalue weighted by Crippen LogP contribution is 2.65. The lowest BCUT2D eigenvalue weighted by atomic mass is 9.54. The number of hydrogen-bond acceptors (Lipinski definition) is 2. The maximum Gasteiger partial charge on any atom is 0.102 e. The van der Waals surface area contributed by atoms with Gasteiger partial charge >= 0.3 is 0 Å². The predicted octanol–water partition coefficient (Wildman–Crippen LogP) is 1.68. The molecule has 0 N–H and O–H groups in total. The van der Waals surface area contributed by atoms with Gasteiger partial charge in [0.2, 0.25) is 0 Å². The van der Waals surface area contributed by atoms with Crippen LogP contribution in [0, 0.1) is 11.3 Å². The van der Waals surface area contributed by atoms with E-state index in [0.717, 1.165) is 13.0 Å². The molecule has 5 atom stereocenters. The smallest absolute Gasteiger partial charge is 0.102 e. The summed E-state index contributed by atoms with van der Waals surface area (Å²) < 4.78 is 12.0. The molecule has 1 aliphatic carbocycles. The van der Waals surface area contributed by atoms with Gasteiger partial charge in [-0.25, -0.2) is 0 Å². The lowest BCUT2D eigenvalue weighted by molar-refractivity contribution is -0.135. The van der Waals surface area contributed by atoms with E-state index in [0.29, 0.717) is 18.1 Å². The quantitative estimate of drug-likeness (QED) is 0.541. The van der Waals surface area contributed by atoms with Crippen LogP contribution in [-0.2, 0) is 9.47 Å². The Morgan fingerprint density at radius 1 is 1.29 bits per heavy atom. The third kappa shape index (κ3) is 0.573. The first-order valence-electron chi connectivity index (χ1n) is 5.44. The van der Waals surface area contributed by atoms with E-state index >= 15 is 0 Å². The van der Waals surface area contributed by atoms with Crippen molar-refractivity contribution >= 4 is 0 Å². The molecule has 4 aliphatic rings. The van der Waals surface area contributed by atoms with Crippen molar-refractivity contribution in [1.82, 2.24) is 0 Å². The Morgan fingerprint density at radius 3 is 3.00 bits per heavy atom. The highest BCUT2D eigenvalue weighted by molar-refractivity contribution is 5.42. The highest BCUT2D eigenvalue weighted by Gasteiger charge is 2.69. The predicted molar refractivity (Wildman–Crippen MR) is 51.8 cm³/mol. The van der Waals surface area contributed by atoms with Crippen molar-refractivity contribution in [3.05, 3.63) is 24.3 Å². The molecular weight excluding hydrogens is 176 g/mol. The number of hydrogen-bond donors (Lipinski definition) is 0. The zero-order valence-electron chi connectivity index (χ0n) is 8.27. The van der Waals surface area contributed by atoms with Crippen LogP contribution in [0.15, 0.2) is 24.3 Å². The zero-order valence-corrected chi connectivity index (χ0v) is 8.27. The number of fused-ring (bicyclic) bond motifs is 2. The maximum atomic E-state index is 6.16. The van der Waals surface area contributed by atoms with E-state index in [-0.39, 0.29) is 11.0 Å². The molecule has 14 heavy (non-hydrogen) atoms. The molecule has 3 aliphatic heterocycles. The topological polar surface area (TPSA) is 18.5 Å². The average molecular weight is 190 g/mol. The molecule has 0 amide bonds. The summed E-state index contributed by atoms with van der Waals surface area (Å²) >= 11 is 0. The van der Waals surface area contributed by atoms with Crippen LogP contribution in [0.25, 0.3) is 0 Å². The molecule has 0 aromatic carbocycles. The van der Waals surface area contributed by atoms with Gasteiger partial charge in [-0.2, -0.15) is 0 Å². The molecule has 2 heteroatoms. The maximum absolute atomic E-state index is 6.16. The molecule has 0 aromatic heterocycles. The minimum atomic E-state index is -0.0191. The summed E-state index contributed by atoms with van der Waals surface area (Å²) in [4.78, 5) is 0. The summed E-state index contributed by atoms with van der Waals surface area (Å²) in [5, 5.41) is 0. The molecule has 3 heterocycles. The molecule has 2 nitrogen and oxygen atoms in total. The van der Waals surface area contributed by atoms with Crippen LogP contribution in [-0.4, -0.2) is 24.4 Å². The largest absolute Gasteiger partial charge is 0.377 e. The highest BCUT2D eigenvalue weighted by atomic mass is 16.5. The van der Waals surface area contributed by atoms with Gasteiger partial charge < -0.3 is 9.47 Å². The van der Waals surface area contributed by atoms with Gasteiger partial charge in [-0.3, -0.25) is 0 Å². The van der Waals surface area contributed by atoms with Crippen LogP contribution in [0.2, 0.25) is 0 Å². The van der Waals surface area contributed by atoms with Gasteiger partial charge in [-0.05, 0) is 6.92 Å². The van der Waals surface area contributed by atoms with Gasteiger partial charge in [-0.15, -0.1) is 0 Å². The van der Waals surface area contributed by atoms with E-state index in [1.807, 2.05) is 0 Å². The van der Waals surface area contributed by atoms with Crippen LogP contribution < -0.4 is 0 Å². The molecule has 0 aromatic rings. The first-order valence-corrected chi connectivity index (χ1v) is 5.44. The van der Waals surface area contributed by atoms with Gasteiger partial charge in [0, 0.05) is 12.3 Å². The molecule has 2 fully saturated rings. The van der Waals surface area contributed by atoms with E-state index in [9.17, 15) is 0 Å². The van der Waals surface area contributed by atoms with E-state index in [4.69, 9.17) is 9.47 Å². The van der Waals surface area contributed by atoms with Crippen molar-refractivity contribution in [2.24, 2.45) is 11.3 Å². The fourth-order valence-corrected chi connectivity index (χ4v) is 3.63. The zero-order chi connectivity index (χ0) is 9.39. The van der Waals surface area contributed by atoms with E-state index in [2.05, 4.69) is 31.2 Å².